The minimum absolute atomic E-state index is 0.0626. The zero-order valence-corrected chi connectivity index (χ0v) is 11.0. The number of hydrogen-bond acceptors (Lipinski definition) is 2. The van der Waals surface area contributed by atoms with Crippen molar-refractivity contribution in [2.24, 2.45) is 0 Å². The van der Waals surface area contributed by atoms with Gasteiger partial charge in [-0.05, 0) is 42.7 Å². The lowest BCUT2D eigenvalue weighted by molar-refractivity contribution is 0.571. The van der Waals surface area contributed by atoms with Crippen LogP contribution in [0.5, 0.6) is 0 Å². The normalized spacial score (nSPS) is 12.4. The van der Waals surface area contributed by atoms with Crippen molar-refractivity contribution in [1.29, 1.82) is 0 Å². The topological polar surface area (TPSA) is 44.9 Å². The van der Waals surface area contributed by atoms with E-state index < -0.39 is 0 Å². The summed E-state index contributed by atoms with van der Waals surface area (Å²) in [7, 11) is 0. The molecule has 1 aromatic heterocycles. The minimum atomic E-state index is -0.189. The number of pyridine rings is 1. The number of hydrogen-bond donors (Lipinski definition) is 2. The number of aromatic amines is 1. The van der Waals surface area contributed by atoms with Crippen LogP contribution in [-0.4, -0.2) is 4.98 Å². The van der Waals surface area contributed by atoms with Gasteiger partial charge in [0.05, 0.1) is 0 Å². The van der Waals surface area contributed by atoms with Crippen LogP contribution in [-0.2, 0) is 6.54 Å². The Labute approximate surface area is 111 Å². The van der Waals surface area contributed by atoms with Gasteiger partial charge >= 0.3 is 0 Å². The van der Waals surface area contributed by atoms with E-state index in [-0.39, 0.29) is 17.4 Å². The Morgan fingerprint density at radius 3 is 2.79 bits per heavy atom. The maximum Gasteiger partial charge on any atom is 0.248 e. The van der Waals surface area contributed by atoms with E-state index in [1.165, 1.54) is 6.07 Å². The fraction of sp³-hybridized carbons (Fsp3) is 0.267. The Kier molecular flexibility index (Phi) is 4.12. The number of aromatic nitrogens is 1. The van der Waals surface area contributed by atoms with Crippen LogP contribution in [0.15, 0.2) is 41.3 Å². The second-order valence-corrected chi connectivity index (χ2v) is 4.67. The predicted molar refractivity (Wildman–Crippen MR) is 73.5 cm³/mol. The van der Waals surface area contributed by atoms with E-state index in [0.717, 1.165) is 11.1 Å². The Balaban J connectivity index is 2.02. The minimum Gasteiger partial charge on any atom is -0.329 e. The molecule has 0 amide bonds. The highest BCUT2D eigenvalue weighted by Gasteiger charge is 2.06. The molecular formula is C15H17FN2O. The van der Waals surface area contributed by atoms with Crippen LogP contribution < -0.4 is 10.9 Å². The molecule has 0 saturated heterocycles. The highest BCUT2D eigenvalue weighted by molar-refractivity contribution is 5.24. The molecule has 1 aromatic carbocycles. The molecule has 1 atom stereocenters. The molecule has 0 spiro atoms. The van der Waals surface area contributed by atoms with E-state index in [9.17, 15) is 9.18 Å². The van der Waals surface area contributed by atoms with Crippen LogP contribution >= 0.6 is 0 Å². The molecule has 2 aromatic rings. The first-order valence-corrected chi connectivity index (χ1v) is 6.23. The first kappa shape index (κ1) is 13.5. The average Bonchev–Trinajstić information content (AvgIpc) is 2.40. The van der Waals surface area contributed by atoms with Gasteiger partial charge in [0.15, 0.2) is 0 Å². The van der Waals surface area contributed by atoms with Gasteiger partial charge in [0.2, 0.25) is 5.56 Å². The first-order valence-electron chi connectivity index (χ1n) is 6.23. The van der Waals surface area contributed by atoms with Gasteiger partial charge in [-0.15, -0.1) is 0 Å². The van der Waals surface area contributed by atoms with Crippen LogP contribution in [0.2, 0.25) is 0 Å². The van der Waals surface area contributed by atoms with Crippen molar-refractivity contribution in [2.45, 2.75) is 26.4 Å². The lowest BCUT2D eigenvalue weighted by Gasteiger charge is -2.14. The van der Waals surface area contributed by atoms with E-state index in [0.29, 0.717) is 12.1 Å². The summed E-state index contributed by atoms with van der Waals surface area (Å²) in [6.45, 7) is 4.37. The highest BCUT2D eigenvalue weighted by Crippen LogP contribution is 2.12. The molecule has 0 fully saturated rings. The number of aryl methyl sites for hydroxylation is 1. The van der Waals surface area contributed by atoms with E-state index in [1.54, 1.807) is 25.3 Å². The third-order valence-corrected chi connectivity index (χ3v) is 3.13. The van der Waals surface area contributed by atoms with Gasteiger partial charge in [-0.3, -0.25) is 4.79 Å². The number of rotatable bonds is 4. The van der Waals surface area contributed by atoms with Crippen molar-refractivity contribution in [2.75, 3.05) is 0 Å². The fourth-order valence-corrected chi connectivity index (χ4v) is 1.94. The smallest absolute Gasteiger partial charge is 0.248 e. The molecule has 0 aliphatic carbocycles. The Morgan fingerprint density at radius 1 is 1.32 bits per heavy atom. The maximum atomic E-state index is 13.1. The van der Waals surface area contributed by atoms with Gasteiger partial charge in [0.1, 0.15) is 5.82 Å². The van der Waals surface area contributed by atoms with Crippen LogP contribution in [0.4, 0.5) is 4.39 Å². The lowest BCUT2D eigenvalue weighted by atomic mass is 10.1. The molecule has 2 N–H and O–H groups in total. The third-order valence-electron chi connectivity index (χ3n) is 3.13. The highest BCUT2D eigenvalue weighted by atomic mass is 19.1. The van der Waals surface area contributed by atoms with Gasteiger partial charge in [-0.2, -0.15) is 0 Å². The van der Waals surface area contributed by atoms with Crippen molar-refractivity contribution in [3.05, 3.63) is 69.4 Å². The summed E-state index contributed by atoms with van der Waals surface area (Å²) in [5, 5.41) is 3.31. The van der Waals surface area contributed by atoms with Gasteiger partial charge in [0.25, 0.3) is 0 Å². The standard InChI is InChI=1S/C15H17FN2O/c1-10-7-12(3-4-14(10)16)9-18-11(2)13-5-6-17-15(19)8-13/h3-8,11,18H,9H2,1-2H3,(H,17,19)/t11-/m0/s1. The molecule has 2 rings (SSSR count). The molecule has 0 radical (unpaired) electrons. The van der Waals surface area contributed by atoms with Gasteiger partial charge < -0.3 is 10.3 Å². The Morgan fingerprint density at radius 2 is 2.11 bits per heavy atom. The number of benzene rings is 1. The van der Waals surface area contributed by atoms with Crippen molar-refractivity contribution in [1.82, 2.24) is 10.3 Å². The molecule has 0 aliphatic heterocycles. The molecule has 0 bridgehead atoms. The summed E-state index contributed by atoms with van der Waals surface area (Å²) < 4.78 is 13.1. The number of nitrogens with one attached hydrogen (secondary N) is 2. The Bertz CT molecular complexity index is 622. The molecule has 1 heterocycles. The average molecular weight is 260 g/mol. The molecule has 0 unspecified atom stereocenters. The van der Waals surface area contributed by atoms with Gasteiger partial charge in [-0.1, -0.05) is 12.1 Å². The largest absolute Gasteiger partial charge is 0.329 e. The van der Waals surface area contributed by atoms with E-state index in [4.69, 9.17) is 0 Å². The van der Waals surface area contributed by atoms with E-state index in [2.05, 4.69) is 10.3 Å². The quantitative estimate of drug-likeness (QED) is 0.887. The van der Waals surface area contributed by atoms with E-state index >= 15 is 0 Å². The predicted octanol–water partition coefficient (Wildman–Crippen LogP) is 2.67. The summed E-state index contributed by atoms with van der Waals surface area (Å²) in [5.41, 5.74) is 2.49. The lowest BCUT2D eigenvalue weighted by Crippen LogP contribution is -2.19. The Hall–Kier alpha value is -1.94. The monoisotopic (exact) mass is 260 g/mol. The molecule has 0 saturated carbocycles. The number of H-pyrrole nitrogens is 1. The van der Waals surface area contributed by atoms with Crippen LogP contribution in [0.3, 0.4) is 0 Å². The summed E-state index contributed by atoms with van der Waals surface area (Å²) in [4.78, 5) is 13.8. The van der Waals surface area contributed by atoms with Gasteiger partial charge in [-0.25, -0.2) is 4.39 Å². The van der Waals surface area contributed by atoms with Crippen molar-refractivity contribution >= 4 is 0 Å². The van der Waals surface area contributed by atoms with Crippen molar-refractivity contribution < 1.29 is 4.39 Å². The van der Waals surface area contributed by atoms with Crippen molar-refractivity contribution in [3.8, 4) is 0 Å². The van der Waals surface area contributed by atoms with E-state index in [1.807, 2.05) is 19.1 Å². The van der Waals surface area contributed by atoms with Crippen LogP contribution in [0.25, 0.3) is 0 Å². The summed E-state index contributed by atoms with van der Waals surface area (Å²) in [6, 6.07) is 8.58. The zero-order chi connectivity index (χ0) is 13.8. The molecule has 19 heavy (non-hydrogen) atoms. The SMILES string of the molecule is Cc1cc(CN[C@@H](C)c2cc[nH]c(=O)c2)ccc1F. The second kappa shape index (κ2) is 5.80. The van der Waals surface area contributed by atoms with Crippen molar-refractivity contribution in [3.63, 3.8) is 0 Å². The summed E-state index contributed by atoms with van der Waals surface area (Å²) >= 11 is 0. The van der Waals surface area contributed by atoms with Crippen LogP contribution in [0.1, 0.15) is 29.7 Å². The second-order valence-electron chi connectivity index (χ2n) is 4.67. The molecule has 0 aliphatic rings. The summed E-state index contributed by atoms with van der Waals surface area (Å²) in [6.07, 6.45) is 1.64. The molecular weight excluding hydrogens is 243 g/mol. The third kappa shape index (κ3) is 3.51. The zero-order valence-electron chi connectivity index (χ0n) is 11.0. The van der Waals surface area contributed by atoms with Crippen LogP contribution in [0, 0.1) is 12.7 Å². The van der Waals surface area contributed by atoms with Gasteiger partial charge in [0, 0.05) is 24.8 Å². The molecule has 100 valence electrons. The maximum absolute atomic E-state index is 13.1. The number of halogens is 1. The fourth-order valence-electron chi connectivity index (χ4n) is 1.94. The first-order chi connectivity index (χ1) is 9.06. The molecule has 4 heteroatoms. The molecule has 3 nitrogen and oxygen atoms in total. The summed E-state index contributed by atoms with van der Waals surface area (Å²) in [5.74, 6) is -0.189.